The van der Waals surface area contributed by atoms with Gasteiger partial charge in [-0.1, -0.05) is 19.3 Å². The van der Waals surface area contributed by atoms with Gasteiger partial charge in [-0.25, -0.2) is 0 Å². The molecule has 0 bridgehead atoms. The van der Waals surface area contributed by atoms with E-state index < -0.39 is 0 Å². The first kappa shape index (κ1) is 10.7. The highest BCUT2D eigenvalue weighted by molar-refractivity contribution is 5.82. The van der Waals surface area contributed by atoms with E-state index in [1.165, 1.54) is 19.3 Å². The van der Waals surface area contributed by atoms with Gasteiger partial charge in [0.15, 0.2) is 0 Å². The fourth-order valence-electron chi connectivity index (χ4n) is 1.58. The first-order valence-corrected chi connectivity index (χ1v) is 5.57. The van der Waals surface area contributed by atoms with Crippen molar-refractivity contribution < 1.29 is 4.79 Å². The number of unbranched alkanes of at least 4 members (excludes halogenated alkanes) is 4. The van der Waals surface area contributed by atoms with E-state index in [4.69, 9.17) is 5.73 Å². The Kier molecular flexibility index (Phi) is 5.06. The molecule has 0 amide bonds. The monoisotopic (exact) mass is 183 g/mol. The van der Waals surface area contributed by atoms with Crippen LogP contribution in [0.1, 0.15) is 51.4 Å². The fraction of sp³-hybridized carbons (Fsp3) is 0.909. The van der Waals surface area contributed by atoms with Gasteiger partial charge in [-0.15, -0.1) is 0 Å². The Labute approximate surface area is 80.9 Å². The summed E-state index contributed by atoms with van der Waals surface area (Å²) in [7, 11) is 0. The molecular weight excluding hydrogens is 162 g/mol. The number of hydrogen-bond donors (Lipinski definition) is 1. The number of Topliss-reactive ketones (excluding diaryl/α,β-unsaturated/α-hetero) is 1. The van der Waals surface area contributed by atoms with Crippen molar-refractivity contribution in [2.75, 3.05) is 6.54 Å². The van der Waals surface area contributed by atoms with Crippen LogP contribution in [0.15, 0.2) is 0 Å². The van der Waals surface area contributed by atoms with Crippen LogP contribution >= 0.6 is 0 Å². The summed E-state index contributed by atoms with van der Waals surface area (Å²) < 4.78 is 0. The molecule has 1 saturated carbocycles. The van der Waals surface area contributed by atoms with Gasteiger partial charge in [0.2, 0.25) is 0 Å². The first-order chi connectivity index (χ1) is 6.34. The highest BCUT2D eigenvalue weighted by atomic mass is 16.1. The lowest BCUT2D eigenvalue weighted by atomic mass is 10.1. The highest BCUT2D eigenvalue weighted by Gasteiger charge is 2.28. The van der Waals surface area contributed by atoms with Crippen molar-refractivity contribution in [3.05, 3.63) is 0 Å². The van der Waals surface area contributed by atoms with E-state index in [1.807, 2.05) is 0 Å². The SMILES string of the molecule is NCCCCCCCC(=O)C1CC1. The van der Waals surface area contributed by atoms with Gasteiger partial charge >= 0.3 is 0 Å². The zero-order chi connectivity index (χ0) is 9.52. The van der Waals surface area contributed by atoms with Crippen LogP contribution in [-0.4, -0.2) is 12.3 Å². The Morgan fingerprint density at radius 2 is 1.69 bits per heavy atom. The van der Waals surface area contributed by atoms with Crippen molar-refractivity contribution in [1.82, 2.24) is 0 Å². The average Bonchev–Trinajstić information content (AvgIpc) is 2.93. The van der Waals surface area contributed by atoms with Gasteiger partial charge in [0.25, 0.3) is 0 Å². The summed E-state index contributed by atoms with van der Waals surface area (Å²) in [6, 6.07) is 0. The molecule has 0 aliphatic heterocycles. The second kappa shape index (κ2) is 6.14. The molecule has 0 saturated heterocycles. The number of nitrogens with two attached hydrogens (primary N) is 1. The summed E-state index contributed by atoms with van der Waals surface area (Å²) in [6.07, 6.45) is 9.06. The minimum atomic E-state index is 0.462. The van der Waals surface area contributed by atoms with Crippen LogP contribution in [-0.2, 0) is 4.79 Å². The highest BCUT2D eigenvalue weighted by Crippen LogP contribution is 2.31. The number of rotatable bonds is 8. The van der Waals surface area contributed by atoms with E-state index in [9.17, 15) is 4.79 Å². The molecule has 0 aromatic heterocycles. The van der Waals surface area contributed by atoms with Gasteiger partial charge in [0.05, 0.1) is 0 Å². The minimum absolute atomic E-state index is 0.462. The zero-order valence-electron chi connectivity index (χ0n) is 8.43. The molecule has 13 heavy (non-hydrogen) atoms. The van der Waals surface area contributed by atoms with Crippen molar-refractivity contribution in [2.24, 2.45) is 11.7 Å². The molecular formula is C11H21NO. The fourth-order valence-corrected chi connectivity index (χ4v) is 1.58. The Morgan fingerprint density at radius 3 is 2.31 bits per heavy atom. The van der Waals surface area contributed by atoms with Gasteiger partial charge in [-0.3, -0.25) is 4.79 Å². The van der Waals surface area contributed by atoms with Crippen molar-refractivity contribution in [3.63, 3.8) is 0 Å². The summed E-state index contributed by atoms with van der Waals surface area (Å²) in [6.45, 7) is 0.807. The number of carbonyl (C=O) groups excluding carboxylic acids is 1. The van der Waals surface area contributed by atoms with E-state index in [2.05, 4.69) is 0 Å². The normalized spacial score (nSPS) is 16.1. The Balaban J connectivity index is 1.80. The molecule has 0 unspecified atom stereocenters. The van der Waals surface area contributed by atoms with Crippen molar-refractivity contribution in [3.8, 4) is 0 Å². The topological polar surface area (TPSA) is 43.1 Å². The van der Waals surface area contributed by atoms with Gasteiger partial charge in [-0.05, 0) is 32.2 Å². The maximum absolute atomic E-state index is 11.3. The smallest absolute Gasteiger partial charge is 0.135 e. The molecule has 1 rings (SSSR count). The van der Waals surface area contributed by atoms with Gasteiger partial charge < -0.3 is 5.73 Å². The van der Waals surface area contributed by atoms with Crippen LogP contribution < -0.4 is 5.73 Å². The number of ketones is 1. The molecule has 0 radical (unpaired) electrons. The second-order valence-corrected chi connectivity index (χ2v) is 4.05. The summed E-state index contributed by atoms with van der Waals surface area (Å²) in [4.78, 5) is 11.3. The summed E-state index contributed by atoms with van der Waals surface area (Å²) >= 11 is 0. The third-order valence-corrected chi connectivity index (χ3v) is 2.66. The average molecular weight is 183 g/mol. The van der Waals surface area contributed by atoms with E-state index in [0.717, 1.165) is 38.6 Å². The maximum atomic E-state index is 11.3. The Hall–Kier alpha value is -0.370. The van der Waals surface area contributed by atoms with Crippen molar-refractivity contribution in [2.45, 2.75) is 51.4 Å². The Bertz CT molecular complexity index is 152. The molecule has 0 atom stereocenters. The standard InChI is InChI=1S/C11H21NO/c12-9-5-3-1-2-4-6-11(13)10-7-8-10/h10H,1-9,12H2. The second-order valence-electron chi connectivity index (χ2n) is 4.05. The molecule has 2 nitrogen and oxygen atoms in total. The molecule has 2 heteroatoms. The lowest BCUT2D eigenvalue weighted by Crippen LogP contribution is -2.00. The van der Waals surface area contributed by atoms with E-state index in [0.29, 0.717) is 11.7 Å². The third-order valence-electron chi connectivity index (χ3n) is 2.66. The zero-order valence-corrected chi connectivity index (χ0v) is 8.43. The van der Waals surface area contributed by atoms with Crippen LogP contribution in [0.4, 0.5) is 0 Å². The molecule has 2 N–H and O–H groups in total. The lowest BCUT2D eigenvalue weighted by Gasteiger charge is -1.99. The largest absolute Gasteiger partial charge is 0.330 e. The molecule has 1 fully saturated rings. The predicted octanol–water partition coefficient (Wildman–Crippen LogP) is 2.26. The molecule has 0 spiro atoms. The Morgan fingerprint density at radius 1 is 1.08 bits per heavy atom. The van der Waals surface area contributed by atoms with Gasteiger partial charge in [0.1, 0.15) is 5.78 Å². The minimum Gasteiger partial charge on any atom is -0.330 e. The molecule has 1 aliphatic carbocycles. The van der Waals surface area contributed by atoms with Gasteiger partial charge in [0, 0.05) is 12.3 Å². The molecule has 0 heterocycles. The maximum Gasteiger partial charge on any atom is 0.135 e. The molecule has 0 aromatic rings. The van der Waals surface area contributed by atoms with E-state index >= 15 is 0 Å². The summed E-state index contributed by atoms with van der Waals surface area (Å²) in [5.41, 5.74) is 5.39. The van der Waals surface area contributed by atoms with Crippen molar-refractivity contribution >= 4 is 5.78 Å². The van der Waals surface area contributed by atoms with E-state index in [1.54, 1.807) is 0 Å². The molecule has 0 aromatic carbocycles. The quantitative estimate of drug-likeness (QED) is 0.586. The van der Waals surface area contributed by atoms with Crippen LogP contribution in [0.3, 0.4) is 0 Å². The predicted molar refractivity (Wildman–Crippen MR) is 54.5 cm³/mol. The lowest BCUT2D eigenvalue weighted by molar-refractivity contribution is -0.120. The first-order valence-electron chi connectivity index (χ1n) is 5.57. The van der Waals surface area contributed by atoms with E-state index in [-0.39, 0.29) is 0 Å². The number of hydrogen-bond acceptors (Lipinski definition) is 2. The molecule has 76 valence electrons. The van der Waals surface area contributed by atoms with Crippen LogP contribution in [0, 0.1) is 5.92 Å². The number of carbonyl (C=O) groups is 1. The third kappa shape index (κ3) is 5.04. The van der Waals surface area contributed by atoms with Crippen LogP contribution in [0.5, 0.6) is 0 Å². The van der Waals surface area contributed by atoms with Crippen LogP contribution in [0.25, 0.3) is 0 Å². The summed E-state index contributed by atoms with van der Waals surface area (Å²) in [5.74, 6) is 0.975. The van der Waals surface area contributed by atoms with Gasteiger partial charge in [-0.2, -0.15) is 0 Å². The molecule has 1 aliphatic rings. The van der Waals surface area contributed by atoms with Crippen molar-refractivity contribution in [1.29, 1.82) is 0 Å². The van der Waals surface area contributed by atoms with Crippen LogP contribution in [0.2, 0.25) is 0 Å². The summed E-state index contributed by atoms with van der Waals surface area (Å²) in [5, 5.41) is 0.